The van der Waals surface area contributed by atoms with E-state index in [1.54, 1.807) is 6.07 Å². The van der Waals surface area contributed by atoms with Gasteiger partial charge in [-0.05, 0) is 31.0 Å². The molecule has 6 heteroatoms. The Morgan fingerprint density at radius 3 is 2.72 bits per heavy atom. The molecule has 1 aliphatic rings. The SMILES string of the molecule is Cl.NC1CCCN(Cc2ccc(F)c(Cl)c2Cl)C1. The van der Waals surface area contributed by atoms with Crippen molar-refractivity contribution in [1.29, 1.82) is 0 Å². The molecule has 1 unspecified atom stereocenters. The maximum absolute atomic E-state index is 13.2. The van der Waals surface area contributed by atoms with Gasteiger partial charge in [0.1, 0.15) is 5.82 Å². The van der Waals surface area contributed by atoms with Crippen LogP contribution in [0.25, 0.3) is 0 Å². The smallest absolute Gasteiger partial charge is 0.143 e. The van der Waals surface area contributed by atoms with E-state index in [1.165, 1.54) is 6.07 Å². The van der Waals surface area contributed by atoms with Crippen molar-refractivity contribution >= 4 is 35.6 Å². The summed E-state index contributed by atoms with van der Waals surface area (Å²) in [6, 6.07) is 3.26. The monoisotopic (exact) mass is 312 g/mol. The molecule has 2 rings (SSSR count). The Labute approximate surface area is 123 Å². The van der Waals surface area contributed by atoms with Gasteiger partial charge in [0, 0.05) is 19.1 Å². The molecule has 1 saturated heterocycles. The number of nitrogens with zero attached hydrogens (tertiary/aromatic N) is 1. The highest BCUT2D eigenvalue weighted by atomic mass is 35.5. The Hall–Kier alpha value is -0.0600. The first kappa shape index (κ1) is 16.0. The summed E-state index contributed by atoms with van der Waals surface area (Å²) in [5, 5.41) is 0.316. The molecule has 1 aliphatic heterocycles. The fourth-order valence-corrected chi connectivity index (χ4v) is 2.56. The molecule has 2 nitrogen and oxygen atoms in total. The Morgan fingerprint density at radius 2 is 2.06 bits per heavy atom. The van der Waals surface area contributed by atoms with Gasteiger partial charge < -0.3 is 5.73 Å². The van der Waals surface area contributed by atoms with Gasteiger partial charge in [-0.25, -0.2) is 4.39 Å². The minimum Gasteiger partial charge on any atom is -0.327 e. The second-order valence-electron chi connectivity index (χ2n) is 4.47. The number of nitrogens with two attached hydrogens (primary N) is 1. The summed E-state index contributed by atoms with van der Waals surface area (Å²) in [6.45, 7) is 2.52. The second-order valence-corrected chi connectivity index (χ2v) is 5.23. The van der Waals surface area contributed by atoms with Crippen molar-refractivity contribution in [2.45, 2.75) is 25.4 Å². The fourth-order valence-electron chi connectivity index (χ4n) is 2.16. The molecule has 1 aromatic rings. The first-order valence-electron chi connectivity index (χ1n) is 5.68. The van der Waals surface area contributed by atoms with E-state index in [-0.39, 0.29) is 23.5 Å². The number of piperidine rings is 1. The topological polar surface area (TPSA) is 29.3 Å². The third-order valence-electron chi connectivity index (χ3n) is 3.05. The highest BCUT2D eigenvalue weighted by molar-refractivity contribution is 6.42. The summed E-state index contributed by atoms with van der Waals surface area (Å²) in [4.78, 5) is 2.23. The van der Waals surface area contributed by atoms with Crippen LogP contribution in [0.2, 0.25) is 10.0 Å². The Bertz CT molecular complexity index is 415. The predicted molar refractivity (Wildman–Crippen MR) is 76.2 cm³/mol. The summed E-state index contributed by atoms with van der Waals surface area (Å²) in [7, 11) is 0. The Morgan fingerprint density at radius 1 is 1.33 bits per heavy atom. The number of rotatable bonds is 2. The molecule has 0 aliphatic carbocycles. The van der Waals surface area contributed by atoms with Crippen LogP contribution >= 0.6 is 35.6 Å². The summed E-state index contributed by atoms with van der Waals surface area (Å²) in [6.07, 6.45) is 2.15. The van der Waals surface area contributed by atoms with E-state index in [9.17, 15) is 4.39 Å². The molecule has 0 saturated carbocycles. The molecule has 1 aromatic carbocycles. The Kier molecular flexibility index (Phi) is 6.15. The summed E-state index contributed by atoms with van der Waals surface area (Å²) in [5.74, 6) is -0.476. The number of hydrogen-bond donors (Lipinski definition) is 1. The quantitative estimate of drug-likeness (QED) is 0.847. The Balaban J connectivity index is 0.00000162. The number of halogens is 4. The molecular formula is C12H16Cl3FN2. The summed E-state index contributed by atoms with van der Waals surface area (Å²) >= 11 is 11.8. The molecule has 0 aromatic heterocycles. The summed E-state index contributed by atoms with van der Waals surface area (Å²) in [5.41, 5.74) is 6.76. The van der Waals surface area contributed by atoms with Crippen molar-refractivity contribution in [1.82, 2.24) is 4.90 Å². The van der Waals surface area contributed by atoms with Gasteiger partial charge in [-0.1, -0.05) is 29.3 Å². The molecule has 1 fully saturated rings. The van der Waals surface area contributed by atoms with Crippen LogP contribution in [0.4, 0.5) is 4.39 Å². The molecule has 18 heavy (non-hydrogen) atoms. The van der Waals surface area contributed by atoms with Gasteiger partial charge in [0.05, 0.1) is 10.0 Å². The lowest BCUT2D eigenvalue weighted by atomic mass is 10.1. The average Bonchev–Trinajstić information content (AvgIpc) is 2.30. The van der Waals surface area contributed by atoms with Crippen LogP contribution in [0.1, 0.15) is 18.4 Å². The third kappa shape index (κ3) is 3.72. The van der Waals surface area contributed by atoms with E-state index in [0.717, 1.165) is 31.5 Å². The van der Waals surface area contributed by atoms with Crippen LogP contribution in [0.15, 0.2) is 12.1 Å². The highest BCUT2D eigenvalue weighted by Crippen LogP contribution is 2.29. The van der Waals surface area contributed by atoms with Crippen LogP contribution in [0, 0.1) is 5.82 Å². The second kappa shape index (κ2) is 6.92. The first-order chi connectivity index (χ1) is 8.08. The highest BCUT2D eigenvalue weighted by Gasteiger charge is 2.18. The van der Waals surface area contributed by atoms with Gasteiger partial charge in [0.25, 0.3) is 0 Å². The molecule has 1 heterocycles. The van der Waals surface area contributed by atoms with Gasteiger partial charge in [-0.3, -0.25) is 4.90 Å². The van der Waals surface area contributed by atoms with Crippen LogP contribution < -0.4 is 5.73 Å². The lowest BCUT2D eigenvalue weighted by molar-refractivity contribution is 0.201. The van der Waals surface area contributed by atoms with E-state index in [0.29, 0.717) is 11.6 Å². The average molecular weight is 314 g/mol. The van der Waals surface area contributed by atoms with Crippen LogP contribution in [0.3, 0.4) is 0 Å². The van der Waals surface area contributed by atoms with Crippen molar-refractivity contribution in [2.75, 3.05) is 13.1 Å². The minimum atomic E-state index is -0.476. The largest absolute Gasteiger partial charge is 0.327 e. The van der Waals surface area contributed by atoms with Gasteiger partial charge in [-0.15, -0.1) is 12.4 Å². The van der Waals surface area contributed by atoms with Crippen molar-refractivity contribution in [3.05, 3.63) is 33.6 Å². The zero-order valence-corrected chi connectivity index (χ0v) is 12.2. The van der Waals surface area contributed by atoms with E-state index in [2.05, 4.69) is 4.90 Å². The maximum Gasteiger partial charge on any atom is 0.143 e. The normalized spacial score (nSPS) is 20.6. The van der Waals surface area contributed by atoms with Crippen LogP contribution in [0.5, 0.6) is 0 Å². The molecule has 1 atom stereocenters. The first-order valence-corrected chi connectivity index (χ1v) is 6.44. The van der Waals surface area contributed by atoms with Gasteiger partial charge in [-0.2, -0.15) is 0 Å². The molecular weight excluding hydrogens is 298 g/mol. The van der Waals surface area contributed by atoms with Gasteiger partial charge >= 0.3 is 0 Å². The van der Waals surface area contributed by atoms with E-state index in [4.69, 9.17) is 28.9 Å². The van der Waals surface area contributed by atoms with Crippen LogP contribution in [-0.4, -0.2) is 24.0 Å². The number of benzene rings is 1. The molecule has 0 bridgehead atoms. The lowest BCUT2D eigenvalue weighted by Crippen LogP contribution is -2.42. The van der Waals surface area contributed by atoms with Crippen molar-refractivity contribution in [2.24, 2.45) is 5.73 Å². The maximum atomic E-state index is 13.2. The number of likely N-dealkylation sites (tertiary alicyclic amines) is 1. The van der Waals surface area contributed by atoms with E-state index in [1.807, 2.05) is 0 Å². The van der Waals surface area contributed by atoms with Crippen molar-refractivity contribution in [3.63, 3.8) is 0 Å². The fraction of sp³-hybridized carbons (Fsp3) is 0.500. The lowest BCUT2D eigenvalue weighted by Gasteiger charge is -2.30. The van der Waals surface area contributed by atoms with Crippen molar-refractivity contribution in [3.8, 4) is 0 Å². The minimum absolute atomic E-state index is 0. The zero-order valence-electron chi connectivity index (χ0n) is 9.83. The van der Waals surface area contributed by atoms with Gasteiger partial charge in [0.2, 0.25) is 0 Å². The van der Waals surface area contributed by atoms with Crippen LogP contribution in [-0.2, 0) is 6.54 Å². The number of hydrogen-bond acceptors (Lipinski definition) is 2. The van der Waals surface area contributed by atoms with E-state index >= 15 is 0 Å². The molecule has 2 N–H and O–H groups in total. The molecule has 0 spiro atoms. The molecule has 0 amide bonds. The zero-order chi connectivity index (χ0) is 12.4. The van der Waals surface area contributed by atoms with E-state index < -0.39 is 5.82 Å². The molecule has 0 radical (unpaired) electrons. The predicted octanol–water partition coefficient (Wildman–Crippen LogP) is 3.48. The molecule has 102 valence electrons. The third-order valence-corrected chi connectivity index (χ3v) is 3.95. The van der Waals surface area contributed by atoms with Gasteiger partial charge in [0.15, 0.2) is 0 Å². The standard InChI is InChI=1S/C12H15Cl2FN2.ClH/c13-11-8(3-4-10(15)12(11)14)6-17-5-1-2-9(16)7-17;/h3-4,9H,1-2,5-7,16H2;1H. The van der Waals surface area contributed by atoms with Crippen molar-refractivity contribution < 1.29 is 4.39 Å². The summed E-state index contributed by atoms with van der Waals surface area (Å²) < 4.78 is 13.2.